The van der Waals surface area contributed by atoms with Gasteiger partial charge in [-0.2, -0.15) is 13.2 Å². The molecule has 5 nitrogen and oxygen atoms in total. The number of aromatic nitrogens is 1. The molecule has 0 saturated carbocycles. The molecule has 0 bridgehead atoms. The first-order valence-corrected chi connectivity index (χ1v) is 10.7. The van der Waals surface area contributed by atoms with Crippen molar-refractivity contribution in [3.05, 3.63) is 53.7 Å². The van der Waals surface area contributed by atoms with Crippen LogP contribution < -0.4 is 4.74 Å². The van der Waals surface area contributed by atoms with Crippen LogP contribution in [0.5, 0.6) is 5.75 Å². The van der Waals surface area contributed by atoms with E-state index in [2.05, 4.69) is 22.0 Å². The first-order chi connectivity index (χ1) is 14.3. The van der Waals surface area contributed by atoms with E-state index in [1.807, 2.05) is 19.1 Å². The molecule has 1 saturated heterocycles. The van der Waals surface area contributed by atoms with Crippen molar-refractivity contribution in [1.29, 1.82) is 0 Å². The molecule has 1 fully saturated rings. The van der Waals surface area contributed by atoms with E-state index in [9.17, 15) is 18.0 Å². The molecule has 1 amide bonds. The Morgan fingerprint density at radius 3 is 2.37 bits per heavy atom. The number of halogens is 3. The number of rotatable bonds is 7. The highest BCUT2D eigenvalue weighted by molar-refractivity contribution is 7.99. The Morgan fingerprint density at radius 2 is 1.80 bits per heavy atom. The van der Waals surface area contributed by atoms with Crippen molar-refractivity contribution >= 4 is 17.7 Å². The summed E-state index contributed by atoms with van der Waals surface area (Å²) in [5, 5.41) is 0.408. The summed E-state index contributed by atoms with van der Waals surface area (Å²) in [5.41, 5.74) is 0.406. The van der Waals surface area contributed by atoms with Gasteiger partial charge in [0.2, 0.25) is 5.91 Å². The second-order valence-electron chi connectivity index (χ2n) is 6.91. The van der Waals surface area contributed by atoms with Gasteiger partial charge in [-0.05, 0) is 36.8 Å². The fourth-order valence-electron chi connectivity index (χ4n) is 3.13. The van der Waals surface area contributed by atoms with Gasteiger partial charge in [0, 0.05) is 38.9 Å². The third kappa shape index (κ3) is 6.37. The fourth-order valence-corrected chi connectivity index (χ4v) is 3.88. The van der Waals surface area contributed by atoms with Crippen molar-refractivity contribution < 1.29 is 22.7 Å². The van der Waals surface area contributed by atoms with Crippen molar-refractivity contribution in [1.82, 2.24) is 14.8 Å². The third-order valence-electron chi connectivity index (χ3n) is 4.77. The van der Waals surface area contributed by atoms with Gasteiger partial charge in [-0.15, -0.1) is 0 Å². The molecule has 0 N–H and O–H groups in total. The lowest BCUT2D eigenvalue weighted by atomic mass is 10.2. The molecule has 0 aliphatic carbocycles. The summed E-state index contributed by atoms with van der Waals surface area (Å²) < 4.78 is 43.2. The molecular formula is C21H24F3N3O2S. The zero-order chi connectivity index (χ0) is 21.6. The highest BCUT2D eigenvalue weighted by Gasteiger charge is 2.30. The maximum atomic E-state index is 12.6. The highest BCUT2D eigenvalue weighted by atomic mass is 32.2. The lowest BCUT2D eigenvalue weighted by Gasteiger charge is -2.34. The van der Waals surface area contributed by atoms with Crippen molar-refractivity contribution in [3.63, 3.8) is 0 Å². The van der Waals surface area contributed by atoms with E-state index in [1.54, 1.807) is 4.90 Å². The molecule has 1 aliphatic rings. The van der Waals surface area contributed by atoms with Crippen LogP contribution in [-0.4, -0.2) is 59.2 Å². The zero-order valence-electron chi connectivity index (χ0n) is 16.7. The highest BCUT2D eigenvalue weighted by Crippen LogP contribution is 2.29. The zero-order valence-corrected chi connectivity index (χ0v) is 17.5. The number of carbonyl (C=O) groups excluding carboxylic acids is 1. The van der Waals surface area contributed by atoms with E-state index in [1.165, 1.54) is 11.6 Å². The van der Waals surface area contributed by atoms with Crippen LogP contribution in [0, 0.1) is 0 Å². The van der Waals surface area contributed by atoms with Gasteiger partial charge in [0.1, 0.15) is 5.75 Å². The lowest BCUT2D eigenvalue weighted by molar-refractivity contribution is -0.138. The van der Waals surface area contributed by atoms with Crippen LogP contribution in [0.25, 0.3) is 0 Å². The molecule has 0 atom stereocenters. The molecule has 3 rings (SSSR count). The monoisotopic (exact) mass is 439 g/mol. The molecule has 2 aromatic rings. The number of amides is 1. The first kappa shape index (κ1) is 22.4. The Morgan fingerprint density at radius 1 is 1.10 bits per heavy atom. The Hall–Kier alpha value is -2.26. The molecule has 1 aromatic carbocycles. The average Bonchev–Trinajstić information content (AvgIpc) is 2.74. The van der Waals surface area contributed by atoms with Crippen molar-refractivity contribution in [3.8, 4) is 5.75 Å². The number of hydrogen-bond donors (Lipinski definition) is 0. The summed E-state index contributed by atoms with van der Waals surface area (Å²) in [6, 6.07) is 10.3. The van der Waals surface area contributed by atoms with Gasteiger partial charge in [-0.3, -0.25) is 9.69 Å². The van der Waals surface area contributed by atoms with Crippen molar-refractivity contribution in [2.45, 2.75) is 24.7 Å². The minimum Gasteiger partial charge on any atom is -0.494 e. The SMILES string of the molecule is CCOc1ccc(CN2CCN(C(=O)CSc3ccc(C(F)(F)F)cn3)CC2)cc1. The van der Waals surface area contributed by atoms with Gasteiger partial charge in [0.05, 0.1) is 22.9 Å². The van der Waals surface area contributed by atoms with E-state index < -0.39 is 11.7 Å². The van der Waals surface area contributed by atoms with E-state index in [-0.39, 0.29) is 11.7 Å². The number of piperazine rings is 1. The molecule has 0 spiro atoms. The normalized spacial score (nSPS) is 15.3. The number of carbonyl (C=O) groups is 1. The summed E-state index contributed by atoms with van der Waals surface area (Å²) in [5.74, 6) is 0.996. The molecule has 0 unspecified atom stereocenters. The van der Waals surface area contributed by atoms with Crippen LogP contribution >= 0.6 is 11.8 Å². The quantitative estimate of drug-likeness (QED) is 0.612. The number of ether oxygens (including phenoxy) is 1. The van der Waals surface area contributed by atoms with Gasteiger partial charge >= 0.3 is 6.18 Å². The number of benzene rings is 1. The predicted molar refractivity (Wildman–Crippen MR) is 109 cm³/mol. The molecule has 0 radical (unpaired) electrons. The number of pyridine rings is 1. The molecule has 9 heteroatoms. The van der Waals surface area contributed by atoms with E-state index >= 15 is 0 Å². The van der Waals surface area contributed by atoms with Crippen LogP contribution in [0.1, 0.15) is 18.1 Å². The van der Waals surface area contributed by atoms with Gasteiger partial charge in [-0.1, -0.05) is 23.9 Å². The number of thioether (sulfide) groups is 1. The lowest BCUT2D eigenvalue weighted by Crippen LogP contribution is -2.48. The summed E-state index contributed by atoms with van der Waals surface area (Å²) in [6.07, 6.45) is -3.61. The Labute approximate surface area is 178 Å². The maximum Gasteiger partial charge on any atom is 0.417 e. The molecule has 2 heterocycles. The predicted octanol–water partition coefficient (Wildman–Crippen LogP) is 3.94. The Kier molecular flexibility index (Phi) is 7.60. The minimum absolute atomic E-state index is 0.0255. The van der Waals surface area contributed by atoms with Gasteiger partial charge in [0.15, 0.2) is 0 Å². The summed E-state index contributed by atoms with van der Waals surface area (Å²) in [6.45, 7) is 6.24. The van der Waals surface area contributed by atoms with E-state index in [0.717, 1.165) is 49.4 Å². The van der Waals surface area contributed by atoms with Crippen LogP contribution in [0.4, 0.5) is 13.2 Å². The minimum atomic E-state index is -4.41. The van der Waals surface area contributed by atoms with Gasteiger partial charge in [-0.25, -0.2) is 4.98 Å². The molecular weight excluding hydrogens is 415 g/mol. The fraction of sp³-hybridized carbons (Fsp3) is 0.429. The van der Waals surface area contributed by atoms with E-state index in [4.69, 9.17) is 4.74 Å². The van der Waals surface area contributed by atoms with Crippen molar-refractivity contribution in [2.75, 3.05) is 38.5 Å². The van der Waals surface area contributed by atoms with Crippen molar-refractivity contribution in [2.24, 2.45) is 0 Å². The largest absolute Gasteiger partial charge is 0.494 e. The van der Waals surface area contributed by atoms with Crippen LogP contribution in [0.15, 0.2) is 47.6 Å². The van der Waals surface area contributed by atoms with Crippen LogP contribution in [-0.2, 0) is 17.5 Å². The topological polar surface area (TPSA) is 45.7 Å². The second-order valence-corrected chi connectivity index (χ2v) is 7.90. The number of nitrogens with zero attached hydrogens (tertiary/aromatic N) is 3. The summed E-state index contributed by atoms with van der Waals surface area (Å²) >= 11 is 1.16. The van der Waals surface area contributed by atoms with E-state index in [0.29, 0.717) is 24.7 Å². The molecule has 30 heavy (non-hydrogen) atoms. The molecule has 162 valence electrons. The Bertz CT molecular complexity index is 821. The Balaban J connectivity index is 1.41. The number of alkyl halides is 3. The molecule has 1 aliphatic heterocycles. The summed E-state index contributed by atoms with van der Waals surface area (Å²) in [4.78, 5) is 20.3. The maximum absolute atomic E-state index is 12.6. The van der Waals surface area contributed by atoms with Crippen LogP contribution in [0.2, 0.25) is 0 Å². The third-order valence-corrected chi connectivity index (χ3v) is 5.70. The molecule has 1 aromatic heterocycles. The standard InChI is InChI=1S/C21H24F3N3O2S/c1-2-29-18-6-3-16(4-7-18)14-26-9-11-27(12-10-26)20(28)15-30-19-8-5-17(13-25-19)21(22,23)24/h3-8,13H,2,9-12,14-15H2,1H3. The van der Waals surface area contributed by atoms with Crippen LogP contribution in [0.3, 0.4) is 0 Å². The first-order valence-electron chi connectivity index (χ1n) is 9.73. The smallest absolute Gasteiger partial charge is 0.417 e. The number of hydrogen-bond acceptors (Lipinski definition) is 5. The average molecular weight is 440 g/mol. The van der Waals surface area contributed by atoms with Gasteiger partial charge < -0.3 is 9.64 Å². The second kappa shape index (κ2) is 10.2. The summed E-state index contributed by atoms with van der Waals surface area (Å²) in [7, 11) is 0. The van der Waals surface area contributed by atoms with Gasteiger partial charge in [0.25, 0.3) is 0 Å².